The summed E-state index contributed by atoms with van der Waals surface area (Å²) >= 11 is 0. The Hall–Kier alpha value is -1.76. The van der Waals surface area contributed by atoms with E-state index in [1.807, 2.05) is 0 Å². The molecule has 0 spiro atoms. The van der Waals surface area contributed by atoms with Crippen molar-refractivity contribution in [3.63, 3.8) is 0 Å². The molecular weight excluding hydrogens is 194 g/mol. The molecule has 0 fully saturated rings. The molecule has 0 radical (unpaired) electrons. The van der Waals surface area contributed by atoms with Gasteiger partial charge in [-0.1, -0.05) is 37.3 Å². The van der Waals surface area contributed by atoms with Crippen LogP contribution in [0.1, 0.15) is 12.5 Å². The summed E-state index contributed by atoms with van der Waals surface area (Å²) in [5, 5.41) is 2.79. The molecule has 0 atom stereocenters. The first kappa shape index (κ1) is 9.46. The third-order valence-electron chi connectivity index (χ3n) is 3.41. The summed E-state index contributed by atoms with van der Waals surface area (Å²) in [6.07, 6.45) is 1.09. The van der Waals surface area contributed by atoms with E-state index in [0.717, 1.165) is 6.42 Å². The van der Waals surface area contributed by atoms with Gasteiger partial charge in [0.2, 0.25) is 0 Å². The molecule has 1 heterocycles. The lowest BCUT2D eigenvalue weighted by atomic mass is 10.0. The number of hydrogen-bond donors (Lipinski definition) is 0. The van der Waals surface area contributed by atoms with Crippen LogP contribution in [0.2, 0.25) is 0 Å². The van der Waals surface area contributed by atoms with E-state index in [1.54, 1.807) is 0 Å². The number of aryl methyl sites for hydroxylation is 2. The quantitative estimate of drug-likeness (QED) is 0.573. The van der Waals surface area contributed by atoms with E-state index in [4.69, 9.17) is 0 Å². The fraction of sp³-hybridized carbons (Fsp3) is 0.200. The van der Waals surface area contributed by atoms with Crippen LogP contribution in [0, 0.1) is 0 Å². The summed E-state index contributed by atoms with van der Waals surface area (Å²) in [5.41, 5.74) is 4.09. The van der Waals surface area contributed by atoms with Gasteiger partial charge >= 0.3 is 0 Å². The van der Waals surface area contributed by atoms with Gasteiger partial charge in [-0.2, -0.15) is 0 Å². The first-order chi connectivity index (χ1) is 7.83. The van der Waals surface area contributed by atoms with Crippen molar-refractivity contribution in [1.29, 1.82) is 0 Å². The number of nitrogens with zero attached hydrogens (tertiary/aromatic N) is 1. The first-order valence-corrected chi connectivity index (χ1v) is 5.78. The van der Waals surface area contributed by atoms with Crippen LogP contribution in [0.25, 0.3) is 21.8 Å². The lowest BCUT2D eigenvalue weighted by Crippen LogP contribution is -1.86. The molecule has 16 heavy (non-hydrogen) atoms. The Morgan fingerprint density at radius 1 is 0.938 bits per heavy atom. The molecule has 0 saturated carbocycles. The van der Waals surface area contributed by atoms with Gasteiger partial charge in [-0.15, -0.1) is 0 Å². The van der Waals surface area contributed by atoms with Gasteiger partial charge in [-0.05, 0) is 24.1 Å². The van der Waals surface area contributed by atoms with Crippen molar-refractivity contribution in [3.8, 4) is 0 Å². The average Bonchev–Trinajstić information content (AvgIpc) is 2.64. The molecule has 0 unspecified atom stereocenters. The molecule has 0 aliphatic carbocycles. The van der Waals surface area contributed by atoms with E-state index in [-0.39, 0.29) is 0 Å². The third-order valence-corrected chi connectivity index (χ3v) is 3.41. The minimum absolute atomic E-state index is 1.09. The molecule has 0 N–H and O–H groups in total. The molecule has 80 valence electrons. The second-order valence-corrected chi connectivity index (χ2v) is 4.24. The van der Waals surface area contributed by atoms with Crippen LogP contribution in [-0.2, 0) is 13.5 Å². The van der Waals surface area contributed by atoms with Gasteiger partial charge in [0, 0.05) is 28.9 Å². The predicted molar refractivity (Wildman–Crippen MR) is 69.8 cm³/mol. The zero-order chi connectivity index (χ0) is 11.1. The van der Waals surface area contributed by atoms with Gasteiger partial charge in [-0.3, -0.25) is 0 Å². The molecular formula is C15H15N. The highest BCUT2D eigenvalue weighted by Crippen LogP contribution is 2.30. The summed E-state index contributed by atoms with van der Waals surface area (Å²) in [7, 11) is 2.14. The van der Waals surface area contributed by atoms with Crippen molar-refractivity contribution in [2.24, 2.45) is 7.05 Å². The van der Waals surface area contributed by atoms with Crippen LogP contribution in [-0.4, -0.2) is 4.57 Å². The van der Waals surface area contributed by atoms with Crippen LogP contribution in [0.15, 0.2) is 42.5 Å². The number of aromatic nitrogens is 1. The van der Waals surface area contributed by atoms with E-state index in [9.17, 15) is 0 Å². The van der Waals surface area contributed by atoms with Crippen molar-refractivity contribution in [2.45, 2.75) is 13.3 Å². The Labute approximate surface area is 95.3 Å². The van der Waals surface area contributed by atoms with Crippen LogP contribution in [0.4, 0.5) is 0 Å². The Morgan fingerprint density at radius 3 is 2.50 bits per heavy atom. The lowest BCUT2D eigenvalue weighted by Gasteiger charge is -2.00. The van der Waals surface area contributed by atoms with Crippen LogP contribution in [0.5, 0.6) is 0 Å². The largest absolute Gasteiger partial charge is 0.344 e. The first-order valence-electron chi connectivity index (χ1n) is 5.78. The Kier molecular flexibility index (Phi) is 2.00. The fourth-order valence-electron chi connectivity index (χ4n) is 2.58. The van der Waals surface area contributed by atoms with Crippen LogP contribution in [0.3, 0.4) is 0 Å². The van der Waals surface area contributed by atoms with Gasteiger partial charge in [0.15, 0.2) is 0 Å². The Morgan fingerprint density at radius 2 is 1.69 bits per heavy atom. The number of hydrogen-bond acceptors (Lipinski definition) is 0. The molecule has 0 aliphatic heterocycles. The third kappa shape index (κ3) is 1.12. The SMILES string of the molecule is CCc1cccc2c1c1ccccc1n2C. The zero-order valence-electron chi connectivity index (χ0n) is 9.70. The Bertz CT molecular complexity index is 662. The summed E-state index contributed by atoms with van der Waals surface area (Å²) in [6.45, 7) is 2.22. The van der Waals surface area contributed by atoms with E-state index in [1.165, 1.54) is 27.4 Å². The molecule has 0 bridgehead atoms. The summed E-state index contributed by atoms with van der Waals surface area (Å²) in [5.74, 6) is 0. The van der Waals surface area contributed by atoms with Crippen molar-refractivity contribution < 1.29 is 0 Å². The van der Waals surface area contributed by atoms with Gasteiger partial charge in [-0.25, -0.2) is 0 Å². The number of para-hydroxylation sites is 1. The van der Waals surface area contributed by atoms with Gasteiger partial charge < -0.3 is 4.57 Å². The van der Waals surface area contributed by atoms with E-state index < -0.39 is 0 Å². The number of fused-ring (bicyclic) bond motifs is 3. The fourth-order valence-corrected chi connectivity index (χ4v) is 2.58. The molecule has 1 heteroatoms. The molecule has 3 rings (SSSR count). The van der Waals surface area contributed by atoms with Crippen LogP contribution < -0.4 is 0 Å². The Balaban J connectivity index is 2.62. The normalized spacial score (nSPS) is 11.4. The molecule has 0 saturated heterocycles. The monoisotopic (exact) mass is 209 g/mol. The van der Waals surface area contributed by atoms with E-state index >= 15 is 0 Å². The second-order valence-electron chi connectivity index (χ2n) is 4.24. The summed E-state index contributed by atoms with van der Waals surface area (Å²) < 4.78 is 2.28. The topological polar surface area (TPSA) is 4.93 Å². The van der Waals surface area contributed by atoms with Crippen molar-refractivity contribution in [3.05, 3.63) is 48.0 Å². The minimum Gasteiger partial charge on any atom is -0.344 e. The highest BCUT2D eigenvalue weighted by atomic mass is 14.9. The van der Waals surface area contributed by atoms with E-state index in [2.05, 4.69) is 61.0 Å². The van der Waals surface area contributed by atoms with Gasteiger partial charge in [0.25, 0.3) is 0 Å². The highest BCUT2D eigenvalue weighted by molar-refractivity contribution is 6.09. The van der Waals surface area contributed by atoms with E-state index in [0.29, 0.717) is 0 Å². The molecule has 3 aromatic rings. The van der Waals surface area contributed by atoms with Crippen molar-refractivity contribution in [1.82, 2.24) is 4.57 Å². The molecule has 2 aromatic carbocycles. The standard InChI is InChI=1S/C15H15N/c1-3-11-7-6-10-14-15(11)12-8-4-5-9-13(12)16(14)2/h4-10H,3H2,1-2H3. The molecule has 1 nitrogen and oxygen atoms in total. The highest BCUT2D eigenvalue weighted by Gasteiger charge is 2.09. The zero-order valence-corrected chi connectivity index (χ0v) is 9.70. The minimum atomic E-state index is 1.09. The van der Waals surface area contributed by atoms with Gasteiger partial charge in [0.05, 0.1) is 0 Å². The lowest BCUT2D eigenvalue weighted by molar-refractivity contribution is 1.01. The maximum Gasteiger partial charge on any atom is 0.0491 e. The van der Waals surface area contributed by atoms with Crippen molar-refractivity contribution in [2.75, 3.05) is 0 Å². The maximum absolute atomic E-state index is 2.28. The number of benzene rings is 2. The van der Waals surface area contributed by atoms with Gasteiger partial charge in [0.1, 0.15) is 0 Å². The average molecular weight is 209 g/mol. The maximum atomic E-state index is 2.28. The van der Waals surface area contributed by atoms with Crippen molar-refractivity contribution >= 4 is 21.8 Å². The predicted octanol–water partition coefficient (Wildman–Crippen LogP) is 3.89. The molecule has 0 amide bonds. The summed E-state index contributed by atoms with van der Waals surface area (Å²) in [4.78, 5) is 0. The number of rotatable bonds is 1. The summed E-state index contributed by atoms with van der Waals surface area (Å²) in [6, 6.07) is 15.2. The smallest absolute Gasteiger partial charge is 0.0491 e. The molecule has 0 aliphatic rings. The molecule has 1 aromatic heterocycles. The second kappa shape index (κ2) is 3.38. The van der Waals surface area contributed by atoms with Crippen LogP contribution >= 0.6 is 0 Å².